The van der Waals surface area contributed by atoms with E-state index in [4.69, 9.17) is 17.3 Å². The second-order valence-corrected chi connectivity index (χ2v) is 5.66. The first kappa shape index (κ1) is 13.4. The van der Waals surface area contributed by atoms with E-state index in [0.717, 1.165) is 29.8 Å². The van der Waals surface area contributed by atoms with Crippen LogP contribution in [0.3, 0.4) is 0 Å². The average molecular weight is 266 g/mol. The van der Waals surface area contributed by atoms with Crippen LogP contribution in [0.25, 0.3) is 11.0 Å². The predicted molar refractivity (Wildman–Crippen MR) is 76.8 cm³/mol. The van der Waals surface area contributed by atoms with E-state index < -0.39 is 0 Å². The molecule has 1 atom stereocenters. The number of hydrogen-bond donors (Lipinski definition) is 1. The monoisotopic (exact) mass is 265 g/mol. The van der Waals surface area contributed by atoms with Gasteiger partial charge < -0.3 is 10.3 Å². The molecule has 1 aromatic heterocycles. The number of benzene rings is 1. The van der Waals surface area contributed by atoms with Crippen molar-refractivity contribution in [1.82, 2.24) is 9.55 Å². The van der Waals surface area contributed by atoms with E-state index >= 15 is 0 Å². The van der Waals surface area contributed by atoms with Gasteiger partial charge in [-0.3, -0.25) is 0 Å². The highest BCUT2D eigenvalue weighted by molar-refractivity contribution is 6.31. The summed E-state index contributed by atoms with van der Waals surface area (Å²) in [4.78, 5) is 4.60. The zero-order valence-electron chi connectivity index (χ0n) is 11.2. The van der Waals surface area contributed by atoms with E-state index in [2.05, 4.69) is 23.4 Å². The molecule has 0 aliphatic carbocycles. The minimum absolute atomic E-state index is 0.0664. The molecule has 0 radical (unpaired) electrons. The molecule has 0 saturated carbocycles. The summed E-state index contributed by atoms with van der Waals surface area (Å²) in [6.45, 7) is 7.37. The maximum atomic E-state index is 6.01. The quantitative estimate of drug-likeness (QED) is 0.915. The third kappa shape index (κ3) is 2.68. The van der Waals surface area contributed by atoms with E-state index in [1.807, 2.05) is 25.1 Å². The molecule has 0 aliphatic heterocycles. The molecule has 1 heterocycles. The highest BCUT2D eigenvalue weighted by atomic mass is 35.5. The van der Waals surface area contributed by atoms with Crippen LogP contribution in [0.4, 0.5) is 0 Å². The Morgan fingerprint density at radius 2 is 2.06 bits per heavy atom. The van der Waals surface area contributed by atoms with Crippen molar-refractivity contribution in [2.75, 3.05) is 0 Å². The summed E-state index contributed by atoms with van der Waals surface area (Å²) in [5.41, 5.74) is 8.05. The number of imidazole rings is 1. The fourth-order valence-electron chi connectivity index (χ4n) is 2.09. The van der Waals surface area contributed by atoms with Crippen molar-refractivity contribution in [2.24, 2.45) is 11.7 Å². The van der Waals surface area contributed by atoms with Crippen LogP contribution in [0.15, 0.2) is 18.2 Å². The molecule has 0 aliphatic rings. The van der Waals surface area contributed by atoms with E-state index in [1.54, 1.807) is 0 Å². The summed E-state index contributed by atoms with van der Waals surface area (Å²) >= 11 is 6.01. The van der Waals surface area contributed by atoms with Crippen molar-refractivity contribution in [3.8, 4) is 0 Å². The van der Waals surface area contributed by atoms with Gasteiger partial charge in [0.25, 0.3) is 0 Å². The Hall–Kier alpha value is -1.06. The van der Waals surface area contributed by atoms with Gasteiger partial charge in [-0.05, 0) is 37.5 Å². The van der Waals surface area contributed by atoms with E-state index in [-0.39, 0.29) is 6.04 Å². The van der Waals surface area contributed by atoms with Gasteiger partial charge in [-0.15, -0.1) is 0 Å². The molecule has 18 heavy (non-hydrogen) atoms. The summed E-state index contributed by atoms with van der Waals surface area (Å²) < 4.78 is 2.22. The van der Waals surface area contributed by atoms with Crippen LogP contribution < -0.4 is 5.73 Å². The molecule has 0 saturated heterocycles. The van der Waals surface area contributed by atoms with Crippen molar-refractivity contribution in [3.63, 3.8) is 0 Å². The fourth-order valence-corrected chi connectivity index (χ4v) is 2.26. The van der Waals surface area contributed by atoms with Gasteiger partial charge in [0, 0.05) is 11.6 Å². The fraction of sp³-hybridized carbons (Fsp3) is 0.500. The van der Waals surface area contributed by atoms with E-state index in [0.29, 0.717) is 10.9 Å². The standard InChI is InChI=1S/C14H20ClN3/c1-9(2)6-7-18-13-5-4-11(15)8-12(13)17-14(18)10(3)16/h4-5,8-10H,6-7,16H2,1-3H3. The number of fused-ring (bicyclic) bond motifs is 1. The molecule has 0 bridgehead atoms. The minimum Gasteiger partial charge on any atom is -0.327 e. The van der Waals surface area contributed by atoms with Gasteiger partial charge >= 0.3 is 0 Å². The van der Waals surface area contributed by atoms with Crippen molar-refractivity contribution in [1.29, 1.82) is 0 Å². The number of rotatable bonds is 4. The summed E-state index contributed by atoms with van der Waals surface area (Å²) in [6, 6.07) is 5.76. The van der Waals surface area contributed by atoms with E-state index in [9.17, 15) is 0 Å². The molecular weight excluding hydrogens is 246 g/mol. The molecule has 1 unspecified atom stereocenters. The van der Waals surface area contributed by atoms with Crippen molar-refractivity contribution in [2.45, 2.75) is 39.8 Å². The number of hydrogen-bond acceptors (Lipinski definition) is 2. The molecule has 0 spiro atoms. The molecule has 2 N–H and O–H groups in total. The van der Waals surface area contributed by atoms with Crippen molar-refractivity contribution in [3.05, 3.63) is 29.0 Å². The number of nitrogens with zero attached hydrogens (tertiary/aromatic N) is 2. The second kappa shape index (κ2) is 5.29. The minimum atomic E-state index is -0.0664. The smallest absolute Gasteiger partial charge is 0.126 e. The maximum absolute atomic E-state index is 6.01. The van der Waals surface area contributed by atoms with Crippen LogP contribution in [-0.4, -0.2) is 9.55 Å². The molecule has 3 nitrogen and oxygen atoms in total. The molecular formula is C14H20ClN3. The van der Waals surface area contributed by atoms with Gasteiger partial charge in [-0.2, -0.15) is 0 Å². The lowest BCUT2D eigenvalue weighted by Crippen LogP contribution is -2.14. The average Bonchev–Trinajstić information content (AvgIpc) is 2.64. The lowest BCUT2D eigenvalue weighted by atomic mass is 10.1. The Labute approximate surface area is 113 Å². The predicted octanol–water partition coefficient (Wildman–Crippen LogP) is 3.76. The van der Waals surface area contributed by atoms with Crippen LogP contribution in [-0.2, 0) is 6.54 Å². The van der Waals surface area contributed by atoms with Crippen molar-refractivity contribution >= 4 is 22.6 Å². The summed E-state index contributed by atoms with van der Waals surface area (Å²) in [5, 5.41) is 0.715. The molecule has 1 aromatic carbocycles. The summed E-state index contributed by atoms with van der Waals surface area (Å²) in [5.74, 6) is 1.60. The van der Waals surface area contributed by atoms with Gasteiger partial charge in [0.2, 0.25) is 0 Å². The van der Waals surface area contributed by atoms with Gasteiger partial charge in [0.15, 0.2) is 0 Å². The number of nitrogens with two attached hydrogens (primary N) is 1. The van der Waals surface area contributed by atoms with E-state index in [1.165, 1.54) is 0 Å². The molecule has 0 fully saturated rings. The number of aryl methyl sites for hydroxylation is 1. The zero-order valence-corrected chi connectivity index (χ0v) is 11.9. The first-order valence-electron chi connectivity index (χ1n) is 6.40. The highest BCUT2D eigenvalue weighted by Gasteiger charge is 2.14. The number of halogens is 1. The van der Waals surface area contributed by atoms with Crippen LogP contribution >= 0.6 is 11.6 Å². The molecule has 2 rings (SSSR count). The van der Waals surface area contributed by atoms with Crippen LogP contribution in [0.2, 0.25) is 5.02 Å². The van der Waals surface area contributed by atoms with Crippen LogP contribution in [0, 0.1) is 5.92 Å². The first-order valence-corrected chi connectivity index (χ1v) is 6.78. The molecule has 4 heteroatoms. The Morgan fingerprint density at radius 3 is 2.67 bits per heavy atom. The molecule has 0 amide bonds. The molecule has 98 valence electrons. The Bertz CT molecular complexity index is 543. The topological polar surface area (TPSA) is 43.8 Å². The lowest BCUT2D eigenvalue weighted by molar-refractivity contribution is 0.503. The van der Waals surface area contributed by atoms with Gasteiger partial charge in [-0.1, -0.05) is 25.4 Å². The maximum Gasteiger partial charge on any atom is 0.126 e. The largest absolute Gasteiger partial charge is 0.327 e. The van der Waals surface area contributed by atoms with Crippen molar-refractivity contribution < 1.29 is 0 Å². The first-order chi connectivity index (χ1) is 8.49. The highest BCUT2D eigenvalue weighted by Crippen LogP contribution is 2.23. The zero-order chi connectivity index (χ0) is 13.3. The van der Waals surface area contributed by atoms with Crippen LogP contribution in [0.5, 0.6) is 0 Å². The Balaban J connectivity index is 2.48. The normalized spacial score (nSPS) is 13.4. The van der Waals surface area contributed by atoms with Gasteiger partial charge in [-0.25, -0.2) is 4.98 Å². The number of aromatic nitrogens is 2. The Morgan fingerprint density at radius 1 is 1.33 bits per heavy atom. The molecule has 2 aromatic rings. The third-order valence-corrected chi connectivity index (χ3v) is 3.31. The second-order valence-electron chi connectivity index (χ2n) is 5.23. The Kier molecular flexibility index (Phi) is 3.93. The lowest BCUT2D eigenvalue weighted by Gasteiger charge is -2.12. The van der Waals surface area contributed by atoms with Crippen LogP contribution in [0.1, 0.15) is 39.1 Å². The van der Waals surface area contributed by atoms with Gasteiger partial charge in [0.1, 0.15) is 5.82 Å². The SMILES string of the molecule is CC(C)CCn1c(C(C)N)nc2cc(Cl)ccc21. The third-order valence-electron chi connectivity index (χ3n) is 3.08. The summed E-state index contributed by atoms with van der Waals surface area (Å²) in [6.07, 6.45) is 1.12. The van der Waals surface area contributed by atoms with Gasteiger partial charge in [0.05, 0.1) is 17.1 Å². The summed E-state index contributed by atoms with van der Waals surface area (Å²) in [7, 11) is 0.